The first-order chi connectivity index (χ1) is 11.6. The molecule has 1 aromatic rings. The van der Waals surface area contributed by atoms with Gasteiger partial charge in [0.05, 0.1) is 17.7 Å². The summed E-state index contributed by atoms with van der Waals surface area (Å²) in [4.78, 5) is 23.3. The molecule has 0 aromatic heterocycles. The zero-order chi connectivity index (χ0) is 19.2. The van der Waals surface area contributed by atoms with Gasteiger partial charge in [-0.25, -0.2) is 0 Å². The van der Waals surface area contributed by atoms with E-state index in [1.807, 2.05) is 33.8 Å². The monoisotopic (exact) mass is 367 g/mol. The summed E-state index contributed by atoms with van der Waals surface area (Å²) in [6.45, 7) is 11.6. The Morgan fingerprint density at radius 3 is 2.48 bits per heavy atom. The first-order valence-electron chi connectivity index (χ1n) is 8.12. The van der Waals surface area contributed by atoms with Crippen LogP contribution in [0.5, 0.6) is 5.75 Å². The summed E-state index contributed by atoms with van der Waals surface area (Å²) < 4.78 is 11.5. The van der Waals surface area contributed by atoms with Gasteiger partial charge in [0.15, 0.2) is 18.0 Å². The average molecular weight is 368 g/mol. The number of halogens is 1. The van der Waals surface area contributed by atoms with Crippen molar-refractivity contribution < 1.29 is 19.1 Å². The largest absolute Gasteiger partial charge is 0.490 e. The molecule has 0 saturated carbocycles. The molecule has 0 heterocycles. The van der Waals surface area contributed by atoms with Crippen molar-refractivity contribution in [2.75, 3.05) is 13.2 Å². The summed E-state index contributed by atoms with van der Waals surface area (Å²) in [5.41, 5.74) is 0.884. The van der Waals surface area contributed by atoms with Crippen molar-refractivity contribution in [3.8, 4) is 5.75 Å². The zero-order valence-corrected chi connectivity index (χ0v) is 16.4. The zero-order valence-electron chi connectivity index (χ0n) is 15.7. The Kier molecular flexibility index (Phi) is 7.49. The Morgan fingerprint density at radius 1 is 1.36 bits per heavy atom. The van der Waals surface area contributed by atoms with Crippen molar-refractivity contribution in [2.24, 2.45) is 0 Å². The molecule has 0 bridgehead atoms. The van der Waals surface area contributed by atoms with Crippen LogP contribution >= 0.6 is 11.6 Å². The highest BCUT2D eigenvalue weighted by atomic mass is 35.5. The first kappa shape index (κ1) is 21.0. The van der Waals surface area contributed by atoms with E-state index in [0.717, 1.165) is 0 Å². The van der Waals surface area contributed by atoms with Crippen molar-refractivity contribution >= 4 is 23.7 Å². The quantitative estimate of drug-likeness (QED) is 0.321. The molecule has 25 heavy (non-hydrogen) atoms. The van der Waals surface area contributed by atoms with Gasteiger partial charge >= 0.3 is 0 Å². The number of Topliss-reactive ketones (excluding diaryl/α,β-unsaturated/α-hetero) is 1. The molecule has 0 saturated heterocycles. The molecule has 5 nitrogen and oxygen atoms in total. The normalized spacial score (nSPS) is 11.9. The molecule has 1 N–H and O–H groups in total. The minimum atomic E-state index is -0.310. The summed E-state index contributed by atoms with van der Waals surface area (Å²) in [5, 5.41) is 3.49. The highest BCUT2D eigenvalue weighted by Gasteiger charge is 2.19. The number of carbonyl (C=O) groups is 2. The smallest absolute Gasteiger partial charge is 0.182 e. The van der Waals surface area contributed by atoms with E-state index in [0.29, 0.717) is 40.4 Å². The van der Waals surface area contributed by atoms with E-state index in [1.54, 1.807) is 6.92 Å². The number of aldehydes is 1. The number of ketones is 1. The van der Waals surface area contributed by atoms with E-state index in [-0.39, 0.29) is 23.7 Å². The lowest BCUT2D eigenvalue weighted by Gasteiger charge is -2.24. The topological polar surface area (TPSA) is 64.6 Å². The number of allylic oxidation sites excluding steroid dienone is 1. The summed E-state index contributed by atoms with van der Waals surface area (Å²) in [6.07, 6.45) is 2.49. The number of carbonyl (C=O) groups excluding carboxylic acids is 2. The summed E-state index contributed by atoms with van der Waals surface area (Å²) >= 11 is 6.09. The molecule has 138 valence electrons. The van der Waals surface area contributed by atoms with Gasteiger partial charge in [-0.05, 0) is 59.2 Å². The second-order valence-electron chi connectivity index (χ2n) is 6.59. The number of benzene rings is 1. The second kappa shape index (κ2) is 8.90. The van der Waals surface area contributed by atoms with Crippen LogP contribution < -0.4 is 10.1 Å². The minimum absolute atomic E-state index is 0.210. The Hall–Kier alpha value is -2.01. The Morgan fingerprint density at radius 2 is 2.00 bits per heavy atom. The van der Waals surface area contributed by atoms with Crippen LogP contribution in [0.25, 0.3) is 0 Å². The SMILES string of the molecule is CC=C(NCCOc1c(C(C)=O)cc(Cl)c(C)c1C=O)OC(C)(C)C. The highest BCUT2D eigenvalue weighted by molar-refractivity contribution is 6.32. The lowest BCUT2D eigenvalue weighted by atomic mass is 10.0. The summed E-state index contributed by atoms with van der Waals surface area (Å²) in [5.74, 6) is 0.703. The van der Waals surface area contributed by atoms with E-state index < -0.39 is 0 Å². The summed E-state index contributed by atoms with van der Waals surface area (Å²) in [7, 11) is 0. The lowest BCUT2D eigenvalue weighted by Crippen LogP contribution is -2.28. The number of ether oxygens (including phenoxy) is 2. The molecule has 0 atom stereocenters. The van der Waals surface area contributed by atoms with Gasteiger partial charge in [-0.2, -0.15) is 0 Å². The third kappa shape index (κ3) is 6.09. The summed E-state index contributed by atoms with van der Waals surface area (Å²) in [6, 6.07) is 1.54. The molecule has 1 aromatic carbocycles. The Balaban J connectivity index is 2.85. The molecule has 0 radical (unpaired) electrons. The average Bonchev–Trinajstić information content (AvgIpc) is 2.51. The van der Waals surface area contributed by atoms with E-state index in [9.17, 15) is 9.59 Å². The second-order valence-corrected chi connectivity index (χ2v) is 7.00. The maximum Gasteiger partial charge on any atom is 0.182 e. The molecule has 0 amide bonds. The Labute approximate surface area is 154 Å². The van der Waals surface area contributed by atoms with Gasteiger partial charge in [0.2, 0.25) is 0 Å². The molecular weight excluding hydrogens is 342 g/mol. The molecule has 0 aliphatic rings. The number of hydrogen-bond donors (Lipinski definition) is 1. The van der Waals surface area contributed by atoms with Crippen LogP contribution in [0.2, 0.25) is 5.02 Å². The van der Waals surface area contributed by atoms with Gasteiger partial charge in [-0.1, -0.05) is 11.6 Å². The minimum Gasteiger partial charge on any atom is -0.490 e. The van der Waals surface area contributed by atoms with Gasteiger partial charge in [0.25, 0.3) is 0 Å². The van der Waals surface area contributed by atoms with Crippen LogP contribution in [0.1, 0.15) is 60.9 Å². The van der Waals surface area contributed by atoms with Gasteiger partial charge < -0.3 is 14.8 Å². The molecule has 0 unspecified atom stereocenters. The number of hydrogen-bond acceptors (Lipinski definition) is 5. The first-order valence-corrected chi connectivity index (χ1v) is 8.49. The van der Waals surface area contributed by atoms with Gasteiger partial charge in [-0.15, -0.1) is 0 Å². The van der Waals surface area contributed by atoms with Crippen molar-refractivity contribution in [1.29, 1.82) is 0 Å². The van der Waals surface area contributed by atoms with Crippen LogP contribution in [0, 0.1) is 6.92 Å². The highest BCUT2D eigenvalue weighted by Crippen LogP contribution is 2.31. The maximum atomic E-state index is 11.8. The van der Waals surface area contributed by atoms with E-state index in [1.165, 1.54) is 13.0 Å². The van der Waals surface area contributed by atoms with Crippen molar-refractivity contribution in [3.63, 3.8) is 0 Å². The van der Waals surface area contributed by atoms with Crippen LogP contribution in [0.15, 0.2) is 18.0 Å². The molecule has 0 spiro atoms. The third-order valence-electron chi connectivity index (χ3n) is 3.35. The fourth-order valence-electron chi connectivity index (χ4n) is 2.16. The van der Waals surface area contributed by atoms with Crippen molar-refractivity contribution in [3.05, 3.63) is 39.7 Å². The standard InChI is InChI=1S/C19H26ClNO4/c1-7-17(25-19(4,5)6)21-8-9-24-18-14(13(3)23)10-16(20)12(2)15(18)11-22/h7,10-11,21H,8-9H2,1-6H3. The molecule has 1 rings (SSSR count). The van der Waals surface area contributed by atoms with E-state index >= 15 is 0 Å². The fourth-order valence-corrected chi connectivity index (χ4v) is 2.37. The maximum absolute atomic E-state index is 11.8. The van der Waals surface area contributed by atoms with Crippen molar-refractivity contribution in [2.45, 2.75) is 47.1 Å². The van der Waals surface area contributed by atoms with Crippen LogP contribution in [0.3, 0.4) is 0 Å². The van der Waals surface area contributed by atoms with E-state index in [2.05, 4.69) is 5.32 Å². The Bertz CT molecular complexity index is 675. The van der Waals surface area contributed by atoms with Crippen LogP contribution in [0.4, 0.5) is 0 Å². The third-order valence-corrected chi connectivity index (χ3v) is 3.74. The fraction of sp³-hybridized carbons (Fsp3) is 0.474. The molecule has 0 aliphatic carbocycles. The van der Waals surface area contributed by atoms with Gasteiger partial charge in [0, 0.05) is 5.02 Å². The van der Waals surface area contributed by atoms with Crippen LogP contribution in [-0.2, 0) is 4.74 Å². The predicted molar refractivity (Wildman–Crippen MR) is 99.7 cm³/mol. The van der Waals surface area contributed by atoms with Gasteiger partial charge in [-0.3, -0.25) is 9.59 Å². The van der Waals surface area contributed by atoms with Crippen LogP contribution in [-0.4, -0.2) is 30.8 Å². The lowest BCUT2D eigenvalue weighted by molar-refractivity contribution is 0.0392. The number of nitrogens with one attached hydrogen (secondary N) is 1. The van der Waals surface area contributed by atoms with E-state index in [4.69, 9.17) is 21.1 Å². The van der Waals surface area contributed by atoms with Gasteiger partial charge in [0.1, 0.15) is 18.0 Å². The predicted octanol–water partition coefficient (Wildman–Crippen LogP) is 4.31. The van der Waals surface area contributed by atoms with Crippen molar-refractivity contribution in [1.82, 2.24) is 5.32 Å². The molecule has 0 fully saturated rings. The molecule has 6 heteroatoms. The molecular formula is C19H26ClNO4. The molecule has 0 aliphatic heterocycles. The number of rotatable bonds is 8.